The maximum Gasteiger partial charge on any atom is 0.333 e. The van der Waals surface area contributed by atoms with Gasteiger partial charge in [0.1, 0.15) is 0 Å². The van der Waals surface area contributed by atoms with Crippen molar-refractivity contribution in [2.75, 3.05) is 0 Å². The Kier molecular flexibility index (Phi) is 17.3. The van der Waals surface area contributed by atoms with Crippen LogP contribution in [0, 0.1) is 0 Å². The standard InChI is InChI=1S/C4H6O5.C4H6O2.2H3N/c5-2(4(8)9)1-3(6)7;1-3(2)4(5)6;;/h2,5H,1H2,(H,6,7)(H,8,9);1H2,2H3,(H,5,6);2*1H3. The van der Waals surface area contributed by atoms with Gasteiger partial charge in [-0.2, -0.15) is 0 Å². The molecule has 0 fully saturated rings. The first-order chi connectivity index (χ1) is 6.68. The average molecular weight is 254 g/mol. The van der Waals surface area contributed by atoms with Crippen molar-refractivity contribution in [3.8, 4) is 0 Å². The van der Waals surface area contributed by atoms with Crippen LogP contribution in [0.4, 0.5) is 0 Å². The summed E-state index contributed by atoms with van der Waals surface area (Å²) in [6.07, 6.45) is -2.54. The molecule has 1 unspecified atom stereocenters. The maximum atomic E-state index is 9.72. The van der Waals surface area contributed by atoms with E-state index in [9.17, 15) is 14.4 Å². The lowest BCUT2D eigenvalue weighted by molar-refractivity contribution is -0.152. The molecule has 0 aliphatic heterocycles. The molecule has 10 N–H and O–H groups in total. The van der Waals surface area contributed by atoms with E-state index in [0.29, 0.717) is 0 Å². The van der Waals surface area contributed by atoms with E-state index in [4.69, 9.17) is 20.4 Å². The van der Waals surface area contributed by atoms with Crippen molar-refractivity contribution in [3.05, 3.63) is 12.2 Å². The smallest absolute Gasteiger partial charge is 0.333 e. The monoisotopic (exact) mass is 254 g/mol. The van der Waals surface area contributed by atoms with Crippen LogP contribution in [-0.4, -0.2) is 44.4 Å². The van der Waals surface area contributed by atoms with Crippen molar-refractivity contribution in [2.24, 2.45) is 0 Å². The van der Waals surface area contributed by atoms with Crippen LogP contribution in [-0.2, 0) is 14.4 Å². The lowest BCUT2D eigenvalue weighted by Gasteiger charge is -1.97. The number of hydrogen-bond acceptors (Lipinski definition) is 6. The first-order valence-electron chi connectivity index (χ1n) is 3.70. The van der Waals surface area contributed by atoms with Gasteiger partial charge in [-0.1, -0.05) is 6.58 Å². The Labute approximate surface area is 97.5 Å². The van der Waals surface area contributed by atoms with E-state index in [2.05, 4.69) is 6.58 Å². The molecule has 0 aromatic rings. The molecule has 0 radical (unpaired) electrons. The van der Waals surface area contributed by atoms with Gasteiger partial charge in [0.25, 0.3) is 0 Å². The van der Waals surface area contributed by atoms with Crippen LogP contribution in [0.2, 0.25) is 0 Å². The molecule has 9 heteroatoms. The van der Waals surface area contributed by atoms with Crippen molar-refractivity contribution in [2.45, 2.75) is 19.4 Å². The van der Waals surface area contributed by atoms with E-state index in [1.54, 1.807) is 0 Å². The van der Waals surface area contributed by atoms with Crippen LogP contribution < -0.4 is 12.3 Å². The second kappa shape index (κ2) is 12.1. The van der Waals surface area contributed by atoms with Gasteiger partial charge < -0.3 is 32.7 Å². The van der Waals surface area contributed by atoms with Gasteiger partial charge in [0.05, 0.1) is 6.42 Å². The summed E-state index contributed by atoms with van der Waals surface area (Å²) < 4.78 is 0. The Morgan fingerprint density at radius 1 is 1.12 bits per heavy atom. The Balaban J connectivity index is -0.0000000945. The zero-order valence-electron chi connectivity index (χ0n) is 9.42. The molecule has 0 aliphatic carbocycles. The highest BCUT2D eigenvalue weighted by Crippen LogP contribution is 1.89. The molecule has 0 saturated carbocycles. The van der Waals surface area contributed by atoms with Crippen molar-refractivity contribution in [1.29, 1.82) is 0 Å². The quantitative estimate of drug-likeness (QED) is 0.369. The van der Waals surface area contributed by atoms with Crippen LogP contribution >= 0.6 is 0 Å². The van der Waals surface area contributed by atoms with Crippen LogP contribution in [0.25, 0.3) is 0 Å². The van der Waals surface area contributed by atoms with E-state index < -0.39 is 30.4 Å². The van der Waals surface area contributed by atoms with E-state index >= 15 is 0 Å². The fourth-order valence-electron chi connectivity index (χ4n) is 0.253. The van der Waals surface area contributed by atoms with Gasteiger partial charge in [0.15, 0.2) is 6.10 Å². The summed E-state index contributed by atoms with van der Waals surface area (Å²) in [6.45, 7) is 4.60. The van der Waals surface area contributed by atoms with Crippen LogP contribution in [0.1, 0.15) is 13.3 Å². The van der Waals surface area contributed by atoms with Crippen molar-refractivity contribution >= 4 is 17.9 Å². The fourth-order valence-corrected chi connectivity index (χ4v) is 0.253. The summed E-state index contributed by atoms with van der Waals surface area (Å²) in [5.41, 5.74) is 0.176. The summed E-state index contributed by atoms with van der Waals surface area (Å²) in [5, 5.41) is 32.0. The second-order valence-electron chi connectivity index (χ2n) is 2.54. The van der Waals surface area contributed by atoms with Gasteiger partial charge in [-0.3, -0.25) is 4.79 Å². The Morgan fingerprint density at radius 2 is 1.41 bits per heavy atom. The van der Waals surface area contributed by atoms with Crippen molar-refractivity contribution in [1.82, 2.24) is 12.3 Å². The highest BCUT2D eigenvalue weighted by atomic mass is 16.4. The number of carboxylic acids is 3. The molecule has 1 atom stereocenters. The molecule has 0 heterocycles. The molecule has 9 nitrogen and oxygen atoms in total. The fraction of sp³-hybridized carbons (Fsp3) is 0.375. The molecule has 102 valence electrons. The van der Waals surface area contributed by atoms with Crippen LogP contribution in [0.3, 0.4) is 0 Å². The third-order valence-electron chi connectivity index (χ3n) is 1.02. The minimum atomic E-state index is -1.79. The van der Waals surface area contributed by atoms with Gasteiger partial charge in [0, 0.05) is 5.57 Å². The van der Waals surface area contributed by atoms with Gasteiger partial charge in [-0.05, 0) is 6.92 Å². The number of carbonyl (C=O) groups is 3. The molecule has 0 aliphatic rings. The minimum absolute atomic E-state index is 0. The molecule has 0 amide bonds. The first-order valence-corrected chi connectivity index (χ1v) is 3.70. The molecular formula is C8H18N2O7. The van der Waals surface area contributed by atoms with Crippen molar-refractivity contribution < 1.29 is 34.8 Å². The Morgan fingerprint density at radius 3 is 1.47 bits per heavy atom. The highest BCUT2D eigenvalue weighted by Gasteiger charge is 2.16. The second-order valence-corrected chi connectivity index (χ2v) is 2.54. The zero-order valence-corrected chi connectivity index (χ0v) is 9.42. The Hall–Kier alpha value is -1.97. The molecule has 17 heavy (non-hydrogen) atoms. The molecule has 0 bridgehead atoms. The summed E-state index contributed by atoms with van der Waals surface area (Å²) in [7, 11) is 0. The molecule has 0 rings (SSSR count). The van der Waals surface area contributed by atoms with E-state index in [0.717, 1.165) is 0 Å². The van der Waals surface area contributed by atoms with E-state index in [1.807, 2.05) is 0 Å². The number of carboxylic acid groups (broad SMARTS) is 3. The van der Waals surface area contributed by atoms with E-state index in [-0.39, 0.29) is 17.9 Å². The molecule has 0 aromatic carbocycles. The van der Waals surface area contributed by atoms with Crippen molar-refractivity contribution in [3.63, 3.8) is 0 Å². The minimum Gasteiger partial charge on any atom is -0.481 e. The Bertz CT molecular complexity index is 265. The van der Waals surface area contributed by atoms with Crippen LogP contribution in [0.5, 0.6) is 0 Å². The number of rotatable bonds is 4. The molecule has 0 saturated heterocycles. The summed E-state index contributed by atoms with van der Waals surface area (Å²) >= 11 is 0. The van der Waals surface area contributed by atoms with Gasteiger partial charge in [-0.25, -0.2) is 9.59 Å². The molecule has 0 spiro atoms. The first kappa shape index (κ1) is 24.3. The van der Waals surface area contributed by atoms with Gasteiger partial charge in [-0.15, -0.1) is 0 Å². The summed E-state index contributed by atoms with van der Waals surface area (Å²) in [5.74, 6) is -3.78. The lowest BCUT2D eigenvalue weighted by atomic mass is 10.3. The number of aliphatic carboxylic acids is 3. The molecular weight excluding hydrogens is 236 g/mol. The summed E-state index contributed by atoms with van der Waals surface area (Å²) in [6, 6.07) is 0. The third-order valence-corrected chi connectivity index (χ3v) is 1.02. The number of aliphatic hydroxyl groups excluding tert-OH is 1. The van der Waals surface area contributed by atoms with Gasteiger partial charge in [0.2, 0.25) is 0 Å². The number of aliphatic hydroxyl groups is 1. The largest absolute Gasteiger partial charge is 0.481 e. The van der Waals surface area contributed by atoms with Crippen LogP contribution in [0.15, 0.2) is 12.2 Å². The predicted octanol–water partition coefficient (Wildman–Crippen LogP) is -0.122. The van der Waals surface area contributed by atoms with Gasteiger partial charge >= 0.3 is 17.9 Å². The number of hydrogen-bond donors (Lipinski definition) is 6. The SMILES string of the molecule is C=C(C)C(=O)O.N.N.O=C(O)CC(O)C(=O)O. The zero-order chi connectivity index (χ0) is 12.6. The van der Waals surface area contributed by atoms with E-state index in [1.165, 1.54) is 6.92 Å². The third kappa shape index (κ3) is 20.2. The topological polar surface area (TPSA) is 202 Å². The predicted molar refractivity (Wildman–Crippen MR) is 58.4 cm³/mol. The highest BCUT2D eigenvalue weighted by molar-refractivity contribution is 5.84. The normalized spacial score (nSPS) is 9.29. The summed E-state index contributed by atoms with van der Waals surface area (Å²) in [4.78, 5) is 29.0. The maximum absolute atomic E-state index is 9.72. The lowest BCUT2D eigenvalue weighted by Crippen LogP contribution is -2.22. The average Bonchev–Trinajstić information content (AvgIpc) is 2.03. The molecule has 0 aromatic heterocycles.